The Balaban J connectivity index is 0.00000225. The fourth-order valence-corrected chi connectivity index (χ4v) is 2.94. The van der Waals surface area contributed by atoms with Crippen LogP contribution < -0.4 is 16.4 Å². The molecule has 1 unspecified atom stereocenters. The second-order valence-electron chi connectivity index (χ2n) is 6.12. The van der Waals surface area contributed by atoms with E-state index in [0.717, 1.165) is 19.3 Å². The molecule has 1 aromatic rings. The van der Waals surface area contributed by atoms with Gasteiger partial charge in [-0.3, -0.25) is 9.59 Å². The maximum Gasteiger partial charge on any atom is 0.253 e. The summed E-state index contributed by atoms with van der Waals surface area (Å²) in [4.78, 5) is 24.1. The third-order valence-electron chi connectivity index (χ3n) is 4.30. The minimum absolute atomic E-state index is 0. The van der Waals surface area contributed by atoms with Crippen LogP contribution in [0.1, 0.15) is 25.7 Å². The highest BCUT2D eigenvalue weighted by molar-refractivity contribution is 5.96. The Labute approximate surface area is 153 Å². The fourth-order valence-electron chi connectivity index (χ4n) is 2.94. The van der Waals surface area contributed by atoms with Crippen molar-refractivity contribution in [3.63, 3.8) is 0 Å². The van der Waals surface area contributed by atoms with Crippen molar-refractivity contribution >= 4 is 35.6 Å². The molecule has 2 amide bonds. The Morgan fingerprint density at radius 2 is 1.60 bits per heavy atom. The SMILES string of the molecule is Cl.NC[C@H]1CC[C@@H](C(=O)Nc2ccc(NC(=O)C3CCCO3)cc2)O1. The summed E-state index contributed by atoms with van der Waals surface area (Å²) in [6, 6.07) is 7.00. The van der Waals surface area contributed by atoms with Crippen molar-refractivity contribution in [2.75, 3.05) is 23.8 Å². The molecule has 0 aromatic heterocycles. The second-order valence-corrected chi connectivity index (χ2v) is 6.12. The average Bonchev–Trinajstić information content (AvgIpc) is 3.28. The molecule has 2 saturated heterocycles. The maximum atomic E-state index is 12.1. The van der Waals surface area contributed by atoms with Gasteiger partial charge in [0.2, 0.25) is 0 Å². The summed E-state index contributed by atoms with van der Waals surface area (Å²) >= 11 is 0. The smallest absolute Gasteiger partial charge is 0.253 e. The number of carbonyl (C=O) groups is 2. The van der Waals surface area contributed by atoms with E-state index in [9.17, 15) is 9.59 Å². The lowest BCUT2D eigenvalue weighted by molar-refractivity contribution is -0.126. The number of nitrogens with one attached hydrogen (secondary N) is 2. The van der Waals surface area contributed by atoms with Crippen LogP contribution in [0.2, 0.25) is 0 Å². The van der Waals surface area contributed by atoms with E-state index in [1.807, 2.05) is 0 Å². The summed E-state index contributed by atoms with van der Waals surface area (Å²) in [6.07, 6.45) is 2.32. The summed E-state index contributed by atoms with van der Waals surface area (Å²) in [5.74, 6) is -0.293. The van der Waals surface area contributed by atoms with Gasteiger partial charge >= 0.3 is 0 Å². The van der Waals surface area contributed by atoms with E-state index in [1.54, 1.807) is 24.3 Å². The topological polar surface area (TPSA) is 103 Å². The van der Waals surface area contributed by atoms with Crippen molar-refractivity contribution in [1.29, 1.82) is 0 Å². The molecule has 2 heterocycles. The standard InChI is InChI=1S/C17H23N3O4.ClH/c18-10-13-7-8-15(24-13)17(22)20-12-5-3-11(4-6-12)19-16(21)14-2-1-9-23-14;/h3-6,13-15H,1-2,7-10,18H2,(H,19,21)(H,20,22);1H/t13-,14?,15+;/m1./s1. The van der Waals surface area contributed by atoms with Gasteiger partial charge in [0.25, 0.3) is 11.8 Å². The summed E-state index contributed by atoms with van der Waals surface area (Å²) in [5.41, 5.74) is 6.89. The van der Waals surface area contributed by atoms with Crippen LogP contribution in [0, 0.1) is 0 Å². The minimum atomic E-state index is -0.447. The van der Waals surface area contributed by atoms with Crippen LogP contribution in [0.4, 0.5) is 11.4 Å². The van der Waals surface area contributed by atoms with Gasteiger partial charge in [0.05, 0.1) is 6.10 Å². The van der Waals surface area contributed by atoms with Crippen LogP contribution in [0.25, 0.3) is 0 Å². The zero-order valence-corrected chi connectivity index (χ0v) is 14.7. The molecule has 0 aliphatic carbocycles. The van der Waals surface area contributed by atoms with Crippen molar-refractivity contribution in [3.05, 3.63) is 24.3 Å². The molecule has 0 spiro atoms. The van der Waals surface area contributed by atoms with Gasteiger partial charge in [0.15, 0.2) is 0 Å². The van der Waals surface area contributed by atoms with E-state index in [4.69, 9.17) is 15.2 Å². The first-order valence-electron chi connectivity index (χ1n) is 8.34. The lowest BCUT2D eigenvalue weighted by Gasteiger charge is -2.13. The van der Waals surface area contributed by atoms with Gasteiger partial charge in [-0.25, -0.2) is 0 Å². The average molecular weight is 370 g/mol. The summed E-state index contributed by atoms with van der Waals surface area (Å²) < 4.78 is 10.9. The fraction of sp³-hybridized carbons (Fsp3) is 0.529. The van der Waals surface area contributed by atoms with E-state index in [0.29, 0.717) is 30.9 Å². The third-order valence-corrected chi connectivity index (χ3v) is 4.30. The molecule has 138 valence electrons. The number of halogens is 1. The molecule has 0 radical (unpaired) electrons. The van der Waals surface area contributed by atoms with E-state index in [-0.39, 0.29) is 36.4 Å². The highest BCUT2D eigenvalue weighted by atomic mass is 35.5. The predicted molar refractivity (Wildman–Crippen MR) is 96.9 cm³/mol. The molecular formula is C17H24ClN3O4. The molecule has 0 bridgehead atoms. The van der Waals surface area contributed by atoms with Gasteiger partial charge in [-0.1, -0.05) is 0 Å². The molecule has 7 nitrogen and oxygen atoms in total. The lowest BCUT2D eigenvalue weighted by Crippen LogP contribution is -2.29. The van der Waals surface area contributed by atoms with Crippen molar-refractivity contribution in [2.45, 2.75) is 44.0 Å². The Hall–Kier alpha value is -1.67. The van der Waals surface area contributed by atoms with Crippen LogP contribution >= 0.6 is 12.4 Å². The molecule has 8 heteroatoms. The number of hydrogen-bond acceptors (Lipinski definition) is 5. The monoisotopic (exact) mass is 369 g/mol. The van der Waals surface area contributed by atoms with Crippen molar-refractivity contribution in [2.24, 2.45) is 5.73 Å². The lowest BCUT2D eigenvalue weighted by atomic mass is 10.2. The quantitative estimate of drug-likeness (QED) is 0.732. The van der Waals surface area contributed by atoms with E-state index in [1.165, 1.54) is 0 Å². The van der Waals surface area contributed by atoms with Crippen LogP contribution in [0.5, 0.6) is 0 Å². The molecule has 3 rings (SSSR count). The first-order valence-corrected chi connectivity index (χ1v) is 8.34. The van der Waals surface area contributed by atoms with Crippen molar-refractivity contribution in [1.82, 2.24) is 0 Å². The predicted octanol–water partition coefficient (Wildman–Crippen LogP) is 1.67. The molecule has 2 aliphatic rings. The number of anilines is 2. The van der Waals surface area contributed by atoms with Crippen LogP contribution in [-0.2, 0) is 19.1 Å². The van der Waals surface area contributed by atoms with Gasteiger partial charge in [-0.2, -0.15) is 0 Å². The Morgan fingerprint density at radius 3 is 2.08 bits per heavy atom. The van der Waals surface area contributed by atoms with Gasteiger partial charge in [0, 0.05) is 24.5 Å². The Morgan fingerprint density at radius 1 is 1.00 bits per heavy atom. The Bertz CT molecular complexity index is 590. The number of nitrogens with two attached hydrogens (primary N) is 1. The Kier molecular flexibility index (Phi) is 7.19. The molecule has 2 fully saturated rings. The first kappa shape index (κ1) is 19.7. The maximum absolute atomic E-state index is 12.1. The van der Waals surface area contributed by atoms with E-state index >= 15 is 0 Å². The van der Waals surface area contributed by atoms with Crippen molar-refractivity contribution < 1.29 is 19.1 Å². The first-order chi connectivity index (χ1) is 11.7. The largest absolute Gasteiger partial charge is 0.368 e. The number of amides is 2. The van der Waals surface area contributed by atoms with E-state index < -0.39 is 6.10 Å². The zero-order chi connectivity index (χ0) is 16.9. The van der Waals surface area contributed by atoms with Crippen molar-refractivity contribution in [3.8, 4) is 0 Å². The normalized spacial score (nSPS) is 25.2. The molecular weight excluding hydrogens is 346 g/mol. The third kappa shape index (κ3) is 5.15. The zero-order valence-electron chi connectivity index (χ0n) is 13.9. The number of benzene rings is 1. The molecule has 3 atom stereocenters. The minimum Gasteiger partial charge on any atom is -0.368 e. The molecule has 2 aliphatic heterocycles. The van der Waals surface area contributed by atoms with E-state index in [2.05, 4.69) is 10.6 Å². The van der Waals surface area contributed by atoms with Crippen LogP contribution in [-0.4, -0.2) is 43.3 Å². The second kappa shape index (κ2) is 9.15. The highest BCUT2D eigenvalue weighted by Gasteiger charge is 2.29. The molecule has 1 aromatic carbocycles. The van der Waals surface area contributed by atoms with Crippen LogP contribution in [0.3, 0.4) is 0 Å². The summed E-state index contributed by atoms with van der Waals surface area (Å²) in [7, 11) is 0. The molecule has 25 heavy (non-hydrogen) atoms. The van der Waals surface area contributed by atoms with Gasteiger partial charge in [-0.15, -0.1) is 12.4 Å². The molecule has 0 saturated carbocycles. The molecule has 4 N–H and O–H groups in total. The van der Waals surface area contributed by atoms with Gasteiger partial charge in [0.1, 0.15) is 12.2 Å². The van der Waals surface area contributed by atoms with Gasteiger partial charge < -0.3 is 25.8 Å². The van der Waals surface area contributed by atoms with Gasteiger partial charge in [-0.05, 0) is 49.9 Å². The number of rotatable bonds is 5. The summed E-state index contributed by atoms with van der Waals surface area (Å²) in [6.45, 7) is 1.07. The summed E-state index contributed by atoms with van der Waals surface area (Å²) in [5, 5.41) is 5.64. The van der Waals surface area contributed by atoms with Crippen LogP contribution in [0.15, 0.2) is 24.3 Å². The highest BCUT2D eigenvalue weighted by Crippen LogP contribution is 2.21. The number of ether oxygens (including phenoxy) is 2. The number of carbonyl (C=O) groups excluding carboxylic acids is 2. The number of hydrogen-bond donors (Lipinski definition) is 3.